The molecule has 3 amide bonds. The Kier molecular flexibility index (Phi) is 8.03. The standard InChI is InChI=1S/C29H34N4O2/c1-3-22-11-10-14-24(19-22)31-29(35)32-25-15-16-27(33-17-8-5-9-18-33)26(20-25)28(34)30-21(2)23-12-6-4-7-13-23/h4,6-7,10-16,19-21H,3,5,8-9,17-18H2,1-2H3,(H,30,34)(H2,31,32,35). The van der Waals surface area contributed by atoms with Gasteiger partial charge in [0.2, 0.25) is 0 Å². The Hall–Kier alpha value is -3.80. The zero-order chi connectivity index (χ0) is 24.6. The first-order chi connectivity index (χ1) is 17.0. The summed E-state index contributed by atoms with van der Waals surface area (Å²) in [7, 11) is 0. The number of nitrogens with zero attached hydrogens (tertiary/aromatic N) is 1. The summed E-state index contributed by atoms with van der Waals surface area (Å²) in [5.74, 6) is -0.151. The molecule has 1 atom stereocenters. The molecule has 3 N–H and O–H groups in total. The molecule has 1 aliphatic heterocycles. The monoisotopic (exact) mass is 470 g/mol. The lowest BCUT2D eigenvalue weighted by molar-refractivity contribution is 0.0940. The summed E-state index contributed by atoms with van der Waals surface area (Å²) in [6, 6.07) is 22.8. The molecule has 3 aromatic carbocycles. The van der Waals surface area contributed by atoms with Crippen LogP contribution in [-0.2, 0) is 6.42 Å². The van der Waals surface area contributed by atoms with Gasteiger partial charge in [0.15, 0.2) is 0 Å². The molecule has 0 aromatic heterocycles. The summed E-state index contributed by atoms with van der Waals surface area (Å²) >= 11 is 0. The van der Waals surface area contributed by atoms with Crippen molar-refractivity contribution in [3.8, 4) is 0 Å². The van der Waals surface area contributed by atoms with Gasteiger partial charge in [-0.25, -0.2) is 4.79 Å². The van der Waals surface area contributed by atoms with Crippen LogP contribution in [0.4, 0.5) is 21.9 Å². The van der Waals surface area contributed by atoms with E-state index < -0.39 is 0 Å². The number of hydrogen-bond acceptors (Lipinski definition) is 3. The van der Waals surface area contributed by atoms with Crippen molar-refractivity contribution in [2.75, 3.05) is 28.6 Å². The Morgan fingerprint density at radius 3 is 2.29 bits per heavy atom. The first kappa shape index (κ1) is 24.3. The SMILES string of the molecule is CCc1cccc(NC(=O)Nc2ccc(N3CCCCC3)c(C(=O)NC(C)c3ccccc3)c2)c1. The maximum atomic E-state index is 13.4. The van der Waals surface area contributed by atoms with E-state index >= 15 is 0 Å². The molecule has 4 rings (SSSR count). The highest BCUT2D eigenvalue weighted by molar-refractivity contribution is 6.04. The second-order valence-corrected chi connectivity index (χ2v) is 9.02. The first-order valence-electron chi connectivity index (χ1n) is 12.4. The molecule has 1 fully saturated rings. The fourth-order valence-corrected chi connectivity index (χ4v) is 4.47. The van der Waals surface area contributed by atoms with Crippen LogP contribution < -0.4 is 20.9 Å². The van der Waals surface area contributed by atoms with Crippen LogP contribution in [0.25, 0.3) is 0 Å². The summed E-state index contributed by atoms with van der Waals surface area (Å²) in [5.41, 5.74) is 4.99. The highest BCUT2D eigenvalue weighted by Gasteiger charge is 2.21. The molecule has 0 radical (unpaired) electrons. The van der Waals surface area contributed by atoms with Gasteiger partial charge in [0.25, 0.3) is 5.91 Å². The van der Waals surface area contributed by atoms with Crippen molar-refractivity contribution in [2.24, 2.45) is 0 Å². The van der Waals surface area contributed by atoms with Gasteiger partial charge in [-0.15, -0.1) is 0 Å². The number of piperidine rings is 1. The van der Waals surface area contributed by atoms with Gasteiger partial charge in [0, 0.05) is 30.2 Å². The van der Waals surface area contributed by atoms with Crippen LogP contribution in [0, 0.1) is 0 Å². The Morgan fingerprint density at radius 1 is 0.857 bits per heavy atom. The molecule has 6 nitrogen and oxygen atoms in total. The third kappa shape index (κ3) is 6.41. The second kappa shape index (κ2) is 11.6. The highest BCUT2D eigenvalue weighted by atomic mass is 16.2. The average molecular weight is 471 g/mol. The number of urea groups is 1. The van der Waals surface area contributed by atoms with Gasteiger partial charge in [-0.05, 0) is 74.1 Å². The van der Waals surface area contributed by atoms with E-state index in [1.54, 1.807) is 6.07 Å². The summed E-state index contributed by atoms with van der Waals surface area (Å²) in [5, 5.41) is 8.91. The van der Waals surface area contributed by atoms with E-state index in [2.05, 4.69) is 27.8 Å². The number of carbonyl (C=O) groups is 2. The molecule has 35 heavy (non-hydrogen) atoms. The molecule has 1 unspecified atom stereocenters. The second-order valence-electron chi connectivity index (χ2n) is 9.02. The largest absolute Gasteiger partial charge is 0.371 e. The quantitative estimate of drug-likeness (QED) is 0.375. The topological polar surface area (TPSA) is 73.5 Å². The Bertz CT molecular complexity index is 1160. The van der Waals surface area contributed by atoms with Crippen molar-refractivity contribution >= 4 is 29.0 Å². The van der Waals surface area contributed by atoms with E-state index in [0.29, 0.717) is 11.3 Å². The van der Waals surface area contributed by atoms with Crippen LogP contribution in [0.3, 0.4) is 0 Å². The van der Waals surface area contributed by atoms with Gasteiger partial charge in [-0.1, -0.05) is 49.4 Å². The predicted molar refractivity (Wildman–Crippen MR) is 143 cm³/mol. The minimum absolute atomic E-state index is 0.135. The maximum Gasteiger partial charge on any atom is 0.323 e. The van der Waals surface area contributed by atoms with E-state index in [4.69, 9.17) is 0 Å². The van der Waals surface area contributed by atoms with Gasteiger partial charge in [0.1, 0.15) is 0 Å². The van der Waals surface area contributed by atoms with Gasteiger partial charge < -0.3 is 20.9 Å². The van der Waals surface area contributed by atoms with Crippen LogP contribution >= 0.6 is 0 Å². The van der Waals surface area contributed by atoms with Gasteiger partial charge >= 0.3 is 6.03 Å². The molecule has 0 bridgehead atoms. The molecule has 1 aliphatic rings. The highest BCUT2D eigenvalue weighted by Crippen LogP contribution is 2.28. The Labute approximate surface area is 207 Å². The van der Waals surface area contributed by atoms with E-state index in [0.717, 1.165) is 54.9 Å². The molecule has 1 heterocycles. The number of anilines is 3. The van der Waals surface area contributed by atoms with Gasteiger partial charge in [-0.2, -0.15) is 0 Å². The van der Waals surface area contributed by atoms with Crippen LogP contribution in [0.5, 0.6) is 0 Å². The Balaban J connectivity index is 1.54. The number of hydrogen-bond donors (Lipinski definition) is 3. The lowest BCUT2D eigenvalue weighted by atomic mass is 10.0. The lowest BCUT2D eigenvalue weighted by Gasteiger charge is -2.31. The molecule has 3 aromatic rings. The average Bonchev–Trinajstić information content (AvgIpc) is 2.89. The molecular weight excluding hydrogens is 436 g/mol. The summed E-state index contributed by atoms with van der Waals surface area (Å²) in [6.07, 6.45) is 4.33. The molecule has 0 aliphatic carbocycles. The van der Waals surface area contributed by atoms with Crippen LogP contribution in [-0.4, -0.2) is 25.0 Å². The third-order valence-corrected chi connectivity index (χ3v) is 6.44. The van der Waals surface area contributed by atoms with Crippen LogP contribution in [0.15, 0.2) is 72.8 Å². The number of rotatable bonds is 7. The van der Waals surface area contributed by atoms with E-state index in [1.807, 2.05) is 73.7 Å². The minimum Gasteiger partial charge on any atom is -0.371 e. The van der Waals surface area contributed by atoms with Crippen molar-refractivity contribution in [3.63, 3.8) is 0 Å². The maximum absolute atomic E-state index is 13.4. The fraction of sp³-hybridized carbons (Fsp3) is 0.310. The minimum atomic E-state index is -0.340. The predicted octanol–water partition coefficient (Wildman–Crippen LogP) is 6.37. The number of benzene rings is 3. The smallest absolute Gasteiger partial charge is 0.323 e. The van der Waals surface area contributed by atoms with Crippen LogP contribution in [0.1, 0.15) is 60.6 Å². The van der Waals surface area contributed by atoms with Crippen molar-refractivity contribution in [3.05, 3.63) is 89.5 Å². The molecule has 6 heteroatoms. The summed E-state index contributed by atoms with van der Waals surface area (Å²) in [6.45, 7) is 5.91. The number of carbonyl (C=O) groups excluding carboxylic acids is 2. The fourth-order valence-electron chi connectivity index (χ4n) is 4.47. The number of nitrogens with one attached hydrogen (secondary N) is 3. The first-order valence-corrected chi connectivity index (χ1v) is 12.4. The third-order valence-electron chi connectivity index (χ3n) is 6.44. The molecule has 182 valence electrons. The normalized spacial score (nSPS) is 14.2. The van der Waals surface area contributed by atoms with Crippen LogP contribution in [0.2, 0.25) is 0 Å². The van der Waals surface area contributed by atoms with Crippen molar-refractivity contribution in [1.82, 2.24) is 5.32 Å². The molecular formula is C29H34N4O2. The van der Waals surface area contributed by atoms with E-state index in [-0.39, 0.29) is 18.0 Å². The van der Waals surface area contributed by atoms with Gasteiger partial charge in [0.05, 0.1) is 11.6 Å². The summed E-state index contributed by atoms with van der Waals surface area (Å²) in [4.78, 5) is 28.4. The zero-order valence-electron chi connectivity index (χ0n) is 20.5. The molecule has 0 saturated carbocycles. The van der Waals surface area contributed by atoms with Crippen molar-refractivity contribution in [2.45, 2.75) is 45.6 Å². The Morgan fingerprint density at radius 2 is 1.57 bits per heavy atom. The van der Waals surface area contributed by atoms with Crippen molar-refractivity contribution < 1.29 is 9.59 Å². The lowest BCUT2D eigenvalue weighted by Crippen LogP contribution is -2.33. The van der Waals surface area contributed by atoms with Gasteiger partial charge in [-0.3, -0.25) is 4.79 Å². The van der Waals surface area contributed by atoms with E-state index in [1.165, 1.54) is 6.42 Å². The van der Waals surface area contributed by atoms with Crippen molar-refractivity contribution in [1.29, 1.82) is 0 Å². The summed E-state index contributed by atoms with van der Waals surface area (Å²) < 4.78 is 0. The molecule has 1 saturated heterocycles. The zero-order valence-corrected chi connectivity index (χ0v) is 20.5. The van der Waals surface area contributed by atoms with E-state index in [9.17, 15) is 9.59 Å². The molecule has 0 spiro atoms. The number of amides is 3. The number of aryl methyl sites for hydroxylation is 1.